The standard InChI is InChI=1S/C22H32O3/c1-2-3-4-5-6-8-11-18-14-16-19(17-15-18)22-20(25-22)12-9-7-10-13-21(23)24/h14-17H,2-13H2,1H3,(H,23,24). The van der Waals surface area contributed by atoms with Gasteiger partial charge in [-0.25, -0.2) is 0 Å². The second-order valence-electron chi connectivity index (χ2n) is 7.02. The number of allylic oxidation sites excluding steroid dienone is 1. The number of benzene rings is 1. The molecule has 0 fully saturated rings. The number of carbonyl (C=O) groups is 1. The largest absolute Gasteiger partial charge is 0.481 e. The van der Waals surface area contributed by atoms with Crippen LogP contribution in [0.5, 0.6) is 0 Å². The first kappa shape index (κ1) is 19.6. The minimum atomic E-state index is -0.705. The van der Waals surface area contributed by atoms with Crippen molar-refractivity contribution in [3.05, 3.63) is 41.2 Å². The van der Waals surface area contributed by atoms with Gasteiger partial charge < -0.3 is 9.84 Å². The third-order valence-electron chi connectivity index (χ3n) is 4.77. The zero-order chi connectivity index (χ0) is 17.9. The number of carboxylic acids is 1. The van der Waals surface area contributed by atoms with Crippen LogP contribution >= 0.6 is 0 Å². The van der Waals surface area contributed by atoms with Gasteiger partial charge in [0.2, 0.25) is 0 Å². The van der Waals surface area contributed by atoms with Crippen molar-refractivity contribution in [3.63, 3.8) is 0 Å². The summed E-state index contributed by atoms with van der Waals surface area (Å²) in [5, 5.41) is 8.62. The summed E-state index contributed by atoms with van der Waals surface area (Å²) in [5.41, 5.74) is 2.59. The van der Waals surface area contributed by atoms with Gasteiger partial charge in [-0.15, -0.1) is 0 Å². The maximum atomic E-state index is 10.5. The maximum absolute atomic E-state index is 10.5. The SMILES string of the molecule is CCCCCCCCc1ccc(C2=C(CCCCCC(=O)O)O2)cc1. The molecule has 1 aliphatic rings. The summed E-state index contributed by atoms with van der Waals surface area (Å²) in [6.07, 6.45) is 13.1. The van der Waals surface area contributed by atoms with Crippen LogP contribution in [-0.2, 0) is 16.0 Å². The second kappa shape index (κ2) is 11.0. The number of aryl methyl sites for hydroxylation is 1. The predicted octanol–water partition coefficient (Wildman–Crippen LogP) is 6.32. The number of ether oxygens (including phenoxy) is 1. The number of hydrogen-bond donors (Lipinski definition) is 1. The molecule has 0 saturated carbocycles. The number of rotatable bonds is 14. The lowest BCUT2D eigenvalue weighted by molar-refractivity contribution is -0.137. The van der Waals surface area contributed by atoms with E-state index in [9.17, 15) is 4.79 Å². The first-order valence-corrected chi connectivity index (χ1v) is 9.93. The van der Waals surface area contributed by atoms with Crippen LogP contribution in [0, 0.1) is 0 Å². The third kappa shape index (κ3) is 7.76. The van der Waals surface area contributed by atoms with Gasteiger partial charge >= 0.3 is 5.97 Å². The fourth-order valence-corrected chi connectivity index (χ4v) is 3.15. The Morgan fingerprint density at radius 2 is 1.52 bits per heavy atom. The quantitative estimate of drug-likeness (QED) is 0.401. The van der Waals surface area contributed by atoms with Crippen LogP contribution in [-0.4, -0.2) is 11.1 Å². The molecule has 1 N–H and O–H groups in total. The van der Waals surface area contributed by atoms with Crippen LogP contribution in [0.3, 0.4) is 0 Å². The highest BCUT2D eigenvalue weighted by Crippen LogP contribution is 2.39. The molecular weight excluding hydrogens is 312 g/mol. The Labute approximate surface area is 152 Å². The normalized spacial score (nSPS) is 13.0. The van der Waals surface area contributed by atoms with Gasteiger partial charge in [-0.1, -0.05) is 69.7 Å². The van der Waals surface area contributed by atoms with Crippen molar-refractivity contribution in [3.8, 4) is 0 Å². The monoisotopic (exact) mass is 344 g/mol. The Morgan fingerprint density at radius 3 is 2.24 bits per heavy atom. The minimum absolute atomic E-state index is 0.271. The summed E-state index contributed by atoms with van der Waals surface area (Å²) in [5.74, 6) is 1.41. The van der Waals surface area contributed by atoms with Crippen molar-refractivity contribution in [1.82, 2.24) is 0 Å². The molecule has 0 radical (unpaired) electrons. The Kier molecular flexibility index (Phi) is 8.58. The average Bonchev–Trinajstić information content (AvgIpc) is 3.37. The van der Waals surface area contributed by atoms with Crippen molar-refractivity contribution in [2.75, 3.05) is 0 Å². The van der Waals surface area contributed by atoms with Gasteiger partial charge in [0, 0.05) is 18.4 Å². The smallest absolute Gasteiger partial charge is 0.303 e. The molecule has 1 heterocycles. The molecule has 0 aliphatic carbocycles. The zero-order valence-electron chi connectivity index (χ0n) is 15.6. The molecule has 0 amide bonds. The zero-order valence-corrected chi connectivity index (χ0v) is 15.6. The van der Waals surface area contributed by atoms with Crippen molar-refractivity contribution >= 4 is 11.7 Å². The number of aliphatic carboxylic acids is 1. The van der Waals surface area contributed by atoms with Crippen molar-refractivity contribution in [2.45, 2.75) is 84.0 Å². The van der Waals surface area contributed by atoms with E-state index in [1.165, 1.54) is 56.1 Å². The highest BCUT2D eigenvalue weighted by Gasteiger charge is 2.25. The number of hydrogen-bond acceptors (Lipinski definition) is 2. The van der Waals surface area contributed by atoms with Gasteiger partial charge in [-0.05, 0) is 31.2 Å². The summed E-state index contributed by atoms with van der Waals surface area (Å²) in [6.45, 7) is 2.26. The van der Waals surface area contributed by atoms with Gasteiger partial charge in [-0.2, -0.15) is 0 Å². The fourth-order valence-electron chi connectivity index (χ4n) is 3.15. The first-order chi connectivity index (χ1) is 12.2. The van der Waals surface area contributed by atoms with Crippen molar-refractivity contribution in [2.24, 2.45) is 0 Å². The molecule has 0 bridgehead atoms. The molecule has 3 heteroatoms. The van der Waals surface area contributed by atoms with Crippen LogP contribution in [0.25, 0.3) is 5.76 Å². The highest BCUT2D eigenvalue weighted by molar-refractivity contribution is 5.71. The van der Waals surface area contributed by atoms with Crippen molar-refractivity contribution < 1.29 is 14.6 Å². The summed E-state index contributed by atoms with van der Waals surface area (Å²) in [7, 11) is 0. The summed E-state index contributed by atoms with van der Waals surface area (Å²) < 4.78 is 5.62. The number of carboxylic acid groups (broad SMARTS) is 1. The number of unbranched alkanes of at least 4 members (excludes halogenated alkanes) is 7. The Morgan fingerprint density at radius 1 is 0.880 bits per heavy atom. The molecule has 0 atom stereocenters. The molecule has 0 unspecified atom stereocenters. The van der Waals surface area contributed by atoms with E-state index in [2.05, 4.69) is 31.2 Å². The third-order valence-corrected chi connectivity index (χ3v) is 4.77. The predicted molar refractivity (Wildman–Crippen MR) is 102 cm³/mol. The molecule has 1 aromatic rings. The average molecular weight is 344 g/mol. The minimum Gasteiger partial charge on any atom is -0.481 e. The van der Waals surface area contributed by atoms with Crippen LogP contribution in [0.4, 0.5) is 0 Å². The molecule has 2 rings (SSSR count). The van der Waals surface area contributed by atoms with Crippen molar-refractivity contribution in [1.29, 1.82) is 0 Å². The highest BCUT2D eigenvalue weighted by atomic mass is 16.6. The molecular formula is C22H32O3. The van der Waals surface area contributed by atoms with Crippen LogP contribution < -0.4 is 0 Å². The second-order valence-corrected chi connectivity index (χ2v) is 7.02. The van der Waals surface area contributed by atoms with Gasteiger partial charge in [-0.3, -0.25) is 4.79 Å². The molecule has 3 nitrogen and oxygen atoms in total. The van der Waals surface area contributed by atoms with Gasteiger partial charge in [0.05, 0.1) is 0 Å². The van der Waals surface area contributed by atoms with Gasteiger partial charge in [0.1, 0.15) is 5.76 Å². The van der Waals surface area contributed by atoms with E-state index >= 15 is 0 Å². The fraction of sp³-hybridized carbons (Fsp3) is 0.591. The van der Waals surface area contributed by atoms with E-state index in [1.54, 1.807) is 0 Å². The lowest BCUT2D eigenvalue weighted by Gasteiger charge is -2.02. The van der Waals surface area contributed by atoms with Crippen LogP contribution in [0.15, 0.2) is 30.0 Å². The van der Waals surface area contributed by atoms with Gasteiger partial charge in [0.25, 0.3) is 0 Å². The molecule has 1 aliphatic heterocycles. The molecule has 1 aromatic carbocycles. The molecule has 25 heavy (non-hydrogen) atoms. The Balaban J connectivity index is 1.63. The molecule has 0 saturated heterocycles. The lowest BCUT2D eigenvalue weighted by Crippen LogP contribution is -1.93. The topological polar surface area (TPSA) is 49.8 Å². The van der Waals surface area contributed by atoms with E-state index < -0.39 is 5.97 Å². The Hall–Kier alpha value is -1.77. The Bertz CT molecular complexity index is 557. The van der Waals surface area contributed by atoms with Crippen LogP contribution in [0.2, 0.25) is 0 Å². The van der Waals surface area contributed by atoms with E-state index in [0.29, 0.717) is 0 Å². The van der Waals surface area contributed by atoms with E-state index in [1.807, 2.05) is 0 Å². The summed E-state index contributed by atoms with van der Waals surface area (Å²) >= 11 is 0. The van der Waals surface area contributed by atoms with E-state index in [-0.39, 0.29) is 6.42 Å². The van der Waals surface area contributed by atoms with Crippen LogP contribution in [0.1, 0.15) is 88.7 Å². The van der Waals surface area contributed by atoms with Gasteiger partial charge in [0.15, 0.2) is 5.76 Å². The van der Waals surface area contributed by atoms with E-state index in [4.69, 9.17) is 9.84 Å². The first-order valence-electron chi connectivity index (χ1n) is 9.93. The molecule has 0 aromatic heterocycles. The summed E-state index contributed by atoms with van der Waals surface area (Å²) in [4.78, 5) is 10.5. The lowest BCUT2D eigenvalue weighted by atomic mass is 10.0. The molecule has 0 spiro atoms. The summed E-state index contributed by atoms with van der Waals surface area (Å²) in [6, 6.07) is 8.78. The maximum Gasteiger partial charge on any atom is 0.303 e. The molecule has 138 valence electrons. The van der Waals surface area contributed by atoms with E-state index in [0.717, 1.165) is 37.2 Å².